The molecule has 12 heteroatoms. The SMILES string of the molecule is NCC(=O)N[C@@H](CO)C(=O)N[C@@H](CCC(N)=O)C(=O)NCC(=O)O. The molecule has 0 saturated carbocycles. The van der Waals surface area contributed by atoms with Gasteiger partial charge in [-0.25, -0.2) is 0 Å². The van der Waals surface area contributed by atoms with Crippen molar-refractivity contribution in [2.24, 2.45) is 11.5 Å². The molecule has 0 radical (unpaired) electrons. The lowest BCUT2D eigenvalue weighted by molar-refractivity contribution is -0.138. The summed E-state index contributed by atoms with van der Waals surface area (Å²) in [5, 5.41) is 24.0. The van der Waals surface area contributed by atoms with Crippen molar-refractivity contribution in [3.8, 4) is 0 Å². The molecule has 0 rings (SSSR count). The highest BCUT2D eigenvalue weighted by atomic mass is 16.4. The fraction of sp³-hybridized carbons (Fsp3) is 0.583. The van der Waals surface area contributed by atoms with Gasteiger partial charge in [0.05, 0.1) is 13.2 Å². The molecule has 0 aromatic rings. The number of rotatable bonds is 11. The lowest BCUT2D eigenvalue weighted by Gasteiger charge is -2.21. The lowest BCUT2D eigenvalue weighted by atomic mass is 10.1. The van der Waals surface area contributed by atoms with E-state index >= 15 is 0 Å². The zero-order valence-electron chi connectivity index (χ0n) is 12.8. The van der Waals surface area contributed by atoms with Gasteiger partial charge in [0, 0.05) is 6.42 Å². The Labute approximate surface area is 136 Å². The number of carboxylic acids is 1. The number of carbonyl (C=O) groups is 5. The quantitative estimate of drug-likeness (QED) is 0.192. The van der Waals surface area contributed by atoms with Crippen LogP contribution >= 0.6 is 0 Å². The molecule has 0 bridgehead atoms. The van der Waals surface area contributed by atoms with Crippen LogP contribution in [-0.4, -0.2) is 71.6 Å². The molecule has 0 aromatic heterocycles. The molecule has 2 atom stereocenters. The smallest absolute Gasteiger partial charge is 0.322 e. The summed E-state index contributed by atoms with van der Waals surface area (Å²) in [6.45, 7) is -1.85. The Bertz CT molecular complexity index is 496. The first-order chi connectivity index (χ1) is 11.2. The van der Waals surface area contributed by atoms with E-state index in [1.165, 1.54) is 0 Å². The number of primary amides is 1. The molecule has 9 N–H and O–H groups in total. The molecule has 0 aliphatic rings. The first-order valence-electron chi connectivity index (χ1n) is 6.89. The van der Waals surface area contributed by atoms with Crippen molar-refractivity contribution in [2.45, 2.75) is 24.9 Å². The van der Waals surface area contributed by atoms with Gasteiger partial charge in [-0.2, -0.15) is 0 Å². The molecule has 12 nitrogen and oxygen atoms in total. The van der Waals surface area contributed by atoms with Crippen LogP contribution in [0.25, 0.3) is 0 Å². The van der Waals surface area contributed by atoms with Crippen molar-refractivity contribution >= 4 is 29.6 Å². The molecule has 0 spiro atoms. The van der Waals surface area contributed by atoms with Gasteiger partial charge in [-0.15, -0.1) is 0 Å². The van der Waals surface area contributed by atoms with Gasteiger partial charge in [0.25, 0.3) is 0 Å². The minimum absolute atomic E-state index is 0.185. The Balaban J connectivity index is 4.90. The van der Waals surface area contributed by atoms with Gasteiger partial charge in [0.1, 0.15) is 18.6 Å². The standard InChI is InChI=1S/C12H21N5O7/c13-3-9(20)16-7(5-18)12(24)17-6(1-2-8(14)19)11(23)15-4-10(21)22/h6-7,18H,1-5,13H2,(H2,14,19)(H,15,23)(H,16,20)(H,17,24)(H,21,22)/t6-,7-/m0/s1. The third-order valence-corrected chi connectivity index (χ3v) is 2.75. The van der Waals surface area contributed by atoms with Crippen LogP contribution in [0.5, 0.6) is 0 Å². The lowest BCUT2D eigenvalue weighted by Crippen LogP contribution is -2.56. The van der Waals surface area contributed by atoms with Gasteiger partial charge >= 0.3 is 5.97 Å². The number of hydrogen-bond acceptors (Lipinski definition) is 7. The summed E-state index contributed by atoms with van der Waals surface area (Å²) < 4.78 is 0. The number of carboxylic acid groups (broad SMARTS) is 1. The fourth-order valence-electron chi connectivity index (χ4n) is 1.56. The summed E-state index contributed by atoms with van der Waals surface area (Å²) in [5.74, 6) is -4.48. The second-order valence-electron chi connectivity index (χ2n) is 4.68. The number of amides is 4. The normalized spacial score (nSPS) is 12.6. The van der Waals surface area contributed by atoms with E-state index in [2.05, 4.69) is 10.6 Å². The molecule has 0 aliphatic heterocycles. The number of aliphatic carboxylic acids is 1. The maximum atomic E-state index is 12.0. The number of carbonyl (C=O) groups excluding carboxylic acids is 4. The number of aliphatic hydroxyl groups excluding tert-OH is 1. The molecule has 0 saturated heterocycles. The number of aliphatic hydroxyl groups is 1. The van der Waals surface area contributed by atoms with Crippen LogP contribution in [0, 0.1) is 0 Å². The summed E-state index contributed by atoms with van der Waals surface area (Å²) in [6.07, 6.45) is -0.431. The topological polar surface area (TPSA) is 214 Å². The largest absolute Gasteiger partial charge is 0.480 e. The van der Waals surface area contributed by atoms with Crippen molar-refractivity contribution in [3.05, 3.63) is 0 Å². The third kappa shape index (κ3) is 8.65. The molecule has 0 aromatic carbocycles. The molecule has 0 fully saturated rings. The van der Waals surface area contributed by atoms with Crippen LogP contribution in [0.15, 0.2) is 0 Å². The second-order valence-corrected chi connectivity index (χ2v) is 4.68. The summed E-state index contributed by atoms with van der Waals surface area (Å²) in [4.78, 5) is 56.3. The predicted molar refractivity (Wildman–Crippen MR) is 79.1 cm³/mol. The maximum Gasteiger partial charge on any atom is 0.322 e. The molecule has 4 amide bonds. The van der Waals surface area contributed by atoms with Crippen molar-refractivity contribution < 1.29 is 34.2 Å². The minimum Gasteiger partial charge on any atom is -0.480 e. The highest BCUT2D eigenvalue weighted by Crippen LogP contribution is 1.99. The average Bonchev–Trinajstić information content (AvgIpc) is 2.53. The summed E-state index contributed by atoms with van der Waals surface area (Å²) in [7, 11) is 0. The van der Waals surface area contributed by atoms with Crippen molar-refractivity contribution in [3.63, 3.8) is 0 Å². The van der Waals surface area contributed by atoms with E-state index < -0.39 is 61.4 Å². The van der Waals surface area contributed by atoms with Crippen LogP contribution < -0.4 is 27.4 Å². The van der Waals surface area contributed by atoms with Gasteiger partial charge in [-0.05, 0) is 6.42 Å². The van der Waals surface area contributed by atoms with Gasteiger partial charge in [-0.3, -0.25) is 24.0 Å². The Hall–Kier alpha value is -2.73. The predicted octanol–water partition coefficient (Wildman–Crippen LogP) is -4.63. The van der Waals surface area contributed by atoms with Gasteiger partial charge in [-0.1, -0.05) is 0 Å². The summed E-state index contributed by atoms with van der Waals surface area (Å²) in [6, 6.07) is -2.63. The second kappa shape index (κ2) is 10.9. The first-order valence-corrected chi connectivity index (χ1v) is 6.89. The van der Waals surface area contributed by atoms with E-state index in [0.717, 1.165) is 0 Å². The molecule has 136 valence electrons. The molecule has 0 heterocycles. The zero-order chi connectivity index (χ0) is 18.7. The van der Waals surface area contributed by atoms with Crippen LogP contribution in [-0.2, 0) is 24.0 Å². The number of nitrogens with two attached hydrogens (primary N) is 2. The molecule has 0 aliphatic carbocycles. The number of hydrogen-bond donors (Lipinski definition) is 7. The molecule has 0 unspecified atom stereocenters. The first kappa shape index (κ1) is 21.3. The van der Waals surface area contributed by atoms with Crippen LogP contribution in [0.1, 0.15) is 12.8 Å². The Morgan fingerprint density at radius 1 is 1.00 bits per heavy atom. The third-order valence-electron chi connectivity index (χ3n) is 2.75. The molecular weight excluding hydrogens is 326 g/mol. The fourth-order valence-corrected chi connectivity index (χ4v) is 1.56. The van der Waals surface area contributed by atoms with Gasteiger partial charge in [0.2, 0.25) is 23.6 Å². The Morgan fingerprint density at radius 2 is 1.62 bits per heavy atom. The van der Waals surface area contributed by atoms with Crippen LogP contribution in [0.2, 0.25) is 0 Å². The Kier molecular flexibility index (Phi) is 9.67. The van der Waals surface area contributed by atoms with Crippen molar-refractivity contribution in [2.75, 3.05) is 19.7 Å². The summed E-state index contributed by atoms with van der Waals surface area (Å²) in [5.41, 5.74) is 10.1. The van der Waals surface area contributed by atoms with Gasteiger partial charge in [0.15, 0.2) is 0 Å². The van der Waals surface area contributed by atoms with Crippen LogP contribution in [0.3, 0.4) is 0 Å². The van der Waals surface area contributed by atoms with E-state index in [-0.39, 0.29) is 12.8 Å². The van der Waals surface area contributed by atoms with E-state index in [0.29, 0.717) is 0 Å². The highest BCUT2D eigenvalue weighted by Gasteiger charge is 2.26. The van der Waals surface area contributed by atoms with E-state index in [1.54, 1.807) is 0 Å². The van der Waals surface area contributed by atoms with Crippen LogP contribution in [0.4, 0.5) is 0 Å². The molecule has 24 heavy (non-hydrogen) atoms. The average molecular weight is 347 g/mol. The summed E-state index contributed by atoms with van der Waals surface area (Å²) >= 11 is 0. The number of nitrogens with one attached hydrogen (secondary N) is 3. The van der Waals surface area contributed by atoms with Crippen molar-refractivity contribution in [1.29, 1.82) is 0 Å². The Morgan fingerprint density at radius 3 is 2.08 bits per heavy atom. The van der Waals surface area contributed by atoms with Gasteiger partial charge < -0.3 is 37.6 Å². The monoisotopic (exact) mass is 347 g/mol. The zero-order valence-corrected chi connectivity index (χ0v) is 12.8. The highest BCUT2D eigenvalue weighted by molar-refractivity contribution is 5.93. The van der Waals surface area contributed by atoms with E-state index in [4.69, 9.17) is 21.7 Å². The maximum absolute atomic E-state index is 12.0. The minimum atomic E-state index is -1.36. The van der Waals surface area contributed by atoms with E-state index in [1.807, 2.05) is 5.32 Å². The van der Waals surface area contributed by atoms with Crippen molar-refractivity contribution in [1.82, 2.24) is 16.0 Å². The molecular formula is C12H21N5O7. The van der Waals surface area contributed by atoms with E-state index in [9.17, 15) is 24.0 Å².